The van der Waals surface area contributed by atoms with Gasteiger partial charge in [-0.05, 0) is 13.8 Å². The Bertz CT molecular complexity index is 221. The molecule has 0 aromatic rings. The molecule has 0 aromatic carbocycles. The van der Waals surface area contributed by atoms with Gasteiger partial charge in [0.15, 0.2) is 0 Å². The second kappa shape index (κ2) is 5.42. The highest BCUT2D eigenvalue weighted by molar-refractivity contribution is 5.67. The van der Waals surface area contributed by atoms with Crippen LogP contribution in [0.5, 0.6) is 0 Å². The van der Waals surface area contributed by atoms with Crippen molar-refractivity contribution in [2.24, 2.45) is 0 Å². The Morgan fingerprint density at radius 2 is 1.29 bits per heavy atom. The molecule has 2 atom stereocenters. The van der Waals surface area contributed by atoms with E-state index in [9.17, 15) is 9.59 Å². The van der Waals surface area contributed by atoms with E-state index in [2.05, 4.69) is 6.58 Å². The molecule has 0 aromatic heterocycles. The molecule has 0 radical (unpaired) electrons. The molecule has 0 aliphatic rings. The van der Waals surface area contributed by atoms with Gasteiger partial charge in [-0.2, -0.15) is 0 Å². The number of esters is 2. The molecule has 2 unspecified atom stereocenters. The lowest BCUT2D eigenvalue weighted by molar-refractivity contribution is -0.146. The van der Waals surface area contributed by atoms with Crippen LogP contribution in [0.4, 0.5) is 0 Å². The third-order valence-electron chi connectivity index (χ3n) is 1.73. The van der Waals surface area contributed by atoms with Crippen molar-refractivity contribution >= 4 is 11.9 Å². The van der Waals surface area contributed by atoms with Gasteiger partial charge in [-0.15, -0.1) is 0 Å². The van der Waals surface area contributed by atoms with Crippen molar-refractivity contribution in [1.29, 1.82) is 0 Å². The van der Waals surface area contributed by atoms with Crippen molar-refractivity contribution in [3.8, 4) is 0 Å². The van der Waals surface area contributed by atoms with Crippen LogP contribution in [0.3, 0.4) is 0 Å². The zero-order valence-corrected chi connectivity index (χ0v) is 8.99. The molecule has 4 nitrogen and oxygen atoms in total. The van der Waals surface area contributed by atoms with Crippen molar-refractivity contribution in [2.75, 3.05) is 0 Å². The van der Waals surface area contributed by atoms with Crippen LogP contribution in [0.2, 0.25) is 0 Å². The van der Waals surface area contributed by atoms with Gasteiger partial charge in [0.2, 0.25) is 0 Å². The Hall–Kier alpha value is -1.32. The molecule has 0 rings (SSSR count). The SMILES string of the molecule is C=C(C(C)OC(C)=O)C(C)OC(C)=O. The predicted octanol–water partition coefficient (Wildman–Crippen LogP) is 1.45. The Morgan fingerprint density at radius 1 is 1.00 bits per heavy atom. The molecule has 14 heavy (non-hydrogen) atoms. The summed E-state index contributed by atoms with van der Waals surface area (Å²) in [6, 6.07) is 0. The largest absolute Gasteiger partial charge is 0.458 e. The molecule has 0 aliphatic heterocycles. The van der Waals surface area contributed by atoms with E-state index in [-0.39, 0.29) is 11.9 Å². The van der Waals surface area contributed by atoms with E-state index in [1.165, 1.54) is 13.8 Å². The fraction of sp³-hybridized carbons (Fsp3) is 0.600. The minimum atomic E-state index is -0.443. The van der Waals surface area contributed by atoms with E-state index < -0.39 is 12.2 Å². The van der Waals surface area contributed by atoms with Crippen LogP contribution in [0.1, 0.15) is 27.7 Å². The molecule has 0 saturated heterocycles. The monoisotopic (exact) mass is 200 g/mol. The molecule has 0 fully saturated rings. The third-order valence-corrected chi connectivity index (χ3v) is 1.73. The van der Waals surface area contributed by atoms with Gasteiger partial charge in [0.25, 0.3) is 0 Å². The first-order chi connectivity index (χ1) is 6.34. The molecule has 0 spiro atoms. The minimum Gasteiger partial charge on any atom is -0.458 e. The van der Waals surface area contributed by atoms with Crippen LogP contribution in [0.25, 0.3) is 0 Å². The first kappa shape index (κ1) is 12.7. The van der Waals surface area contributed by atoms with Crippen molar-refractivity contribution in [3.05, 3.63) is 12.2 Å². The van der Waals surface area contributed by atoms with Gasteiger partial charge < -0.3 is 9.47 Å². The van der Waals surface area contributed by atoms with Crippen LogP contribution in [0, 0.1) is 0 Å². The van der Waals surface area contributed by atoms with Gasteiger partial charge in [-0.1, -0.05) is 6.58 Å². The first-order valence-electron chi connectivity index (χ1n) is 4.37. The van der Waals surface area contributed by atoms with Crippen molar-refractivity contribution in [2.45, 2.75) is 39.9 Å². The van der Waals surface area contributed by atoms with E-state index in [1.807, 2.05) is 0 Å². The Labute approximate surface area is 83.9 Å². The zero-order chi connectivity index (χ0) is 11.3. The van der Waals surface area contributed by atoms with Crippen LogP contribution in [-0.4, -0.2) is 24.1 Å². The maximum absolute atomic E-state index is 10.6. The highest BCUT2D eigenvalue weighted by Gasteiger charge is 2.18. The first-order valence-corrected chi connectivity index (χ1v) is 4.37. The van der Waals surface area contributed by atoms with Gasteiger partial charge in [-0.3, -0.25) is 9.59 Å². The summed E-state index contributed by atoms with van der Waals surface area (Å²) in [7, 11) is 0. The highest BCUT2D eigenvalue weighted by Crippen LogP contribution is 2.12. The van der Waals surface area contributed by atoms with Gasteiger partial charge in [-0.25, -0.2) is 0 Å². The fourth-order valence-electron chi connectivity index (χ4n) is 0.980. The summed E-state index contributed by atoms with van der Waals surface area (Å²) in [6.07, 6.45) is -0.885. The highest BCUT2D eigenvalue weighted by atomic mass is 16.6. The van der Waals surface area contributed by atoms with Crippen LogP contribution < -0.4 is 0 Å². The number of ether oxygens (including phenoxy) is 2. The lowest BCUT2D eigenvalue weighted by Crippen LogP contribution is -2.24. The van der Waals surface area contributed by atoms with Crippen molar-refractivity contribution in [1.82, 2.24) is 0 Å². The van der Waals surface area contributed by atoms with Crippen LogP contribution in [0.15, 0.2) is 12.2 Å². The quantitative estimate of drug-likeness (QED) is 0.509. The van der Waals surface area contributed by atoms with E-state index in [0.29, 0.717) is 5.57 Å². The van der Waals surface area contributed by atoms with Crippen molar-refractivity contribution in [3.63, 3.8) is 0 Å². The topological polar surface area (TPSA) is 52.6 Å². The zero-order valence-electron chi connectivity index (χ0n) is 8.99. The molecule has 0 N–H and O–H groups in total. The molecular formula is C10H16O4. The molecule has 0 aliphatic carbocycles. The summed E-state index contributed by atoms with van der Waals surface area (Å²) < 4.78 is 9.77. The number of hydrogen-bond acceptors (Lipinski definition) is 4. The lowest BCUT2D eigenvalue weighted by atomic mass is 10.1. The van der Waals surface area contributed by atoms with E-state index in [4.69, 9.17) is 9.47 Å². The summed E-state index contributed by atoms with van der Waals surface area (Å²) >= 11 is 0. The number of rotatable bonds is 4. The number of carbonyl (C=O) groups is 2. The summed E-state index contributed by atoms with van der Waals surface area (Å²) in [5.41, 5.74) is 0.565. The van der Waals surface area contributed by atoms with Gasteiger partial charge in [0.1, 0.15) is 12.2 Å². The average molecular weight is 200 g/mol. The van der Waals surface area contributed by atoms with Crippen LogP contribution in [-0.2, 0) is 19.1 Å². The average Bonchev–Trinajstić information content (AvgIpc) is 2.00. The fourth-order valence-corrected chi connectivity index (χ4v) is 0.980. The number of hydrogen-bond donors (Lipinski definition) is 0. The van der Waals surface area contributed by atoms with Crippen LogP contribution >= 0.6 is 0 Å². The molecule has 0 amide bonds. The maximum atomic E-state index is 10.6. The predicted molar refractivity (Wildman–Crippen MR) is 51.6 cm³/mol. The van der Waals surface area contributed by atoms with Gasteiger partial charge in [0.05, 0.1) is 0 Å². The third kappa shape index (κ3) is 4.64. The maximum Gasteiger partial charge on any atom is 0.303 e. The molecular weight excluding hydrogens is 184 g/mol. The molecule has 4 heteroatoms. The van der Waals surface area contributed by atoms with Gasteiger partial charge >= 0.3 is 11.9 Å². The normalized spacial score (nSPS) is 14.0. The Kier molecular flexibility index (Phi) is 4.91. The number of carbonyl (C=O) groups excluding carboxylic acids is 2. The van der Waals surface area contributed by atoms with Gasteiger partial charge in [0, 0.05) is 19.4 Å². The second-order valence-corrected chi connectivity index (χ2v) is 3.08. The lowest BCUT2D eigenvalue weighted by Gasteiger charge is -2.20. The summed E-state index contributed by atoms with van der Waals surface area (Å²) in [5, 5.41) is 0. The summed E-state index contributed by atoms with van der Waals surface area (Å²) in [6.45, 7) is 9.71. The van der Waals surface area contributed by atoms with E-state index >= 15 is 0 Å². The Morgan fingerprint density at radius 3 is 1.50 bits per heavy atom. The minimum absolute atomic E-state index is 0.381. The van der Waals surface area contributed by atoms with Crippen molar-refractivity contribution < 1.29 is 19.1 Å². The molecule has 80 valence electrons. The smallest absolute Gasteiger partial charge is 0.303 e. The second-order valence-electron chi connectivity index (χ2n) is 3.08. The van der Waals surface area contributed by atoms with E-state index in [0.717, 1.165) is 0 Å². The molecule has 0 saturated carbocycles. The van der Waals surface area contributed by atoms with E-state index in [1.54, 1.807) is 13.8 Å². The molecule has 0 bridgehead atoms. The molecule has 0 heterocycles. The standard InChI is InChI=1S/C10H16O4/c1-6(7(2)13-9(4)11)8(3)14-10(5)12/h7-8H,1H2,2-5H3. The Balaban J connectivity index is 4.16. The summed E-state index contributed by atoms with van der Waals surface area (Å²) in [4.78, 5) is 21.3. The summed E-state index contributed by atoms with van der Waals surface area (Å²) in [5.74, 6) is -0.762.